The van der Waals surface area contributed by atoms with Crippen molar-refractivity contribution in [3.05, 3.63) is 22.8 Å². The number of carbonyl (C=O) groups excluding carboxylic acids is 1. The SMILES string of the molecule is COc1c(C)cc(C)c(OC)c1C(=O)PC1CCCC1. The van der Waals surface area contributed by atoms with Crippen molar-refractivity contribution >= 4 is 14.1 Å². The van der Waals surface area contributed by atoms with Crippen LogP contribution in [0.25, 0.3) is 0 Å². The first kappa shape index (κ1) is 15.3. The lowest BCUT2D eigenvalue weighted by Gasteiger charge is -2.18. The molecule has 0 amide bonds. The van der Waals surface area contributed by atoms with Crippen molar-refractivity contribution in [1.82, 2.24) is 0 Å². The molecule has 1 saturated carbocycles. The summed E-state index contributed by atoms with van der Waals surface area (Å²) >= 11 is 0. The summed E-state index contributed by atoms with van der Waals surface area (Å²) in [5.41, 5.74) is 3.35. The van der Waals surface area contributed by atoms with E-state index in [4.69, 9.17) is 9.47 Å². The maximum atomic E-state index is 12.7. The number of hydrogen-bond acceptors (Lipinski definition) is 3. The van der Waals surface area contributed by atoms with Crippen LogP contribution in [0.4, 0.5) is 0 Å². The van der Waals surface area contributed by atoms with Crippen LogP contribution in [0.15, 0.2) is 6.07 Å². The Hall–Kier alpha value is -1.08. The molecule has 20 heavy (non-hydrogen) atoms. The van der Waals surface area contributed by atoms with Crippen molar-refractivity contribution in [3.63, 3.8) is 0 Å². The van der Waals surface area contributed by atoms with E-state index in [1.165, 1.54) is 25.7 Å². The average molecular weight is 294 g/mol. The number of ether oxygens (including phenoxy) is 2. The first-order chi connectivity index (χ1) is 9.58. The summed E-state index contributed by atoms with van der Waals surface area (Å²) in [4.78, 5) is 12.7. The summed E-state index contributed by atoms with van der Waals surface area (Å²) in [5.74, 6) is 1.34. The van der Waals surface area contributed by atoms with Crippen molar-refractivity contribution in [2.24, 2.45) is 0 Å². The molecule has 1 aliphatic rings. The van der Waals surface area contributed by atoms with E-state index in [1.807, 2.05) is 19.9 Å². The van der Waals surface area contributed by atoms with Crippen molar-refractivity contribution in [1.29, 1.82) is 0 Å². The minimum atomic E-state index is 0.178. The van der Waals surface area contributed by atoms with Crippen molar-refractivity contribution in [2.75, 3.05) is 14.2 Å². The molecule has 2 rings (SSSR count). The molecule has 0 N–H and O–H groups in total. The fraction of sp³-hybridized carbons (Fsp3) is 0.562. The molecule has 0 bridgehead atoms. The summed E-state index contributed by atoms with van der Waals surface area (Å²) in [6, 6.07) is 2.01. The highest BCUT2D eigenvalue weighted by molar-refractivity contribution is 7.59. The number of methoxy groups -OCH3 is 2. The second kappa shape index (κ2) is 6.58. The van der Waals surface area contributed by atoms with Crippen LogP contribution in [0.5, 0.6) is 11.5 Å². The summed E-state index contributed by atoms with van der Waals surface area (Å²) in [5, 5.41) is 0. The first-order valence-electron chi connectivity index (χ1n) is 7.11. The van der Waals surface area contributed by atoms with E-state index in [1.54, 1.807) is 14.2 Å². The standard InChI is InChI=1S/C16H23O3P/c1-10-9-11(2)15(19-4)13(14(10)18-3)16(17)20-12-7-5-6-8-12/h9,12,20H,5-8H2,1-4H3. The highest BCUT2D eigenvalue weighted by atomic mass is 31.1. The van der Waals surface area contributed by atoms with Crippen molar-refractivity contribution in [2.45, 2.75) is 45.2 Å². The Morgan fingerprint density at radius 1 is 1.10 bits per heavy atom. The lowest BCUT2D eigenvalue weighted by atomic mass is 10.0. The lowest BCUT2D eigenvalue weighted by molar-refractivity contribution is 0.107. The molecular weight excluding hydrogens is 271 g/mol. The Labute approximate surface area is 122 Å². The zero-order valence-electron chi connectivity index (χ0n) is 12.7. The Kier molecular flexibility index (Phi) is 5.04. The molecule has 1 aromatic carbocycles. The third kappa shape index (κ3) is 2.98. The predicted molar refractivity (Wildman–Crippen MR) is 83.9 cm³/mol. The molecule has 3 nitrogen and oxygen atoms in total. The van der Waals surface area contributed by atoms with Crippen LogP contribution in [0, 0.1) is 13.8 Å². The summed E-state index contributed by atoms with van der Waals surface area (Å²) in [6.45, 7) is 3.95. The molecule has 0 spiro atoms. The molecule has 1 unspecified atom stereocenters. The zero-order chi connectivity index (χ0) is 14.7. The number of aryl methyl sites for hydroxylation is 2. The maximum absolute atomic E-state index is 12.7. The normalized spacial score (nSPS) is 16.0. The summed E-state index contributed by atoms with van der Waals surface area (Å²) in [6.07, 6.45) is 4.87. The van der Waals surface area contributed by atoms with E-state index < -0.39 is 0 Å². The van der Waals surface area contributed by atoms with E-state index >= 15 is 0 Å². The van der Waals surface area contributed by atoms with Gasteiger partial charge in [-0.25, -0.2) is 0 Å². The summed E-state index contributed by atoms with van der Waals surface area (Å²) < 4.78 is 10.9. The molecule has 1 fully saturated rings. The minimum Gasteiger partial charge on any atom is -0.496 e. The monoisotopic (exact) mass is 294 g/mol. The third-order valence-electron chi connectivity index (χ3n) is 3.93. The van der Waals surface area contributed by atoms with Crippen LogP contribution >= 0.6 is 8.58 Å². The van der Waals surface area contributed by atoms with E-state index in [0.29, 0.717) is 31.3 Å². The quantitative estimate of drug-likeness (QED) is 0.768. The summed E-state index contributed by atoms with van der Waals surface area (Å²) in [7, 11) is 3.56. The van der Waals surface area contributed by atoms with E-state index in [9.17, 15) is 4.79 Å². The Bertz CT molecular complexity index is 477. The number of benzene rings is 1. The molecular formula is C16H23O3P. The minimum absolute atomic E-state index is 0.178. The smallest absolute Gasteiger partial charge is 0.188 e. The second-order valence-electron chi connectivity index (χ2n) is 5.41. The largest absolute Gasteiger partial charge is 0.496 e. The van der Waals surface area contributed by atoms with Crippen molar-refractivity contribution in [3.8, 4) is 11.5 Å². The van der Waals surface area contributed by atoms with Crippen LogP contribution in [0.1, 0.15) is 47.2 Å². The third-order valence-corrected chi connectivity index (χ3v) is 5.43. The molecule has 1 atom stereocenters. The zero-order valence-corrected chi connectivity index (χ0v) is 13.7. The molecule has 1 aromatic rings. The highest BCUT2D eigenvalue weighted by Crippen LogP contribution is 2.43. The fourth-order valence-corrected chi connectivity index (χ4v) is 4.45. The van der Waals surface area contributed by atoms with Gasteiger partial charge in [-0.15, -0.1) is 0 Å². The maximum Gasteiger partial charge on any atom is 0.188 e. The molecule has 0 aromatic heterocycles. The lowest BCUT2D eigenvalue weighted by Crippen LogP contribution is -2.07. The van der Waals surface area contributed by atoms with Crippen molar-refractivity contribution < 1.29 is 14.3 Å². The van der Waals surface area contributed by atoms with Crippen LogP contribution in [-0.4, -0.2) is 25.4 Å². The topological polar surface area (TPSA) is 35.5 Å². The molecule has 4 heteroatoms. The molecule has 1 aliphatic carbocycles. The van der Waals surface area contributed by atoms with Crippen LogP contribution in [0.2, 0.25) is 0 Å². The van der Waals surface area contributed by atoms with Crippen LogP contribution in [-0.2, 0) is 0 Å². The van der Waals surface area contributed by atoms with E-state index in [2.05, 4.69) is 0 Å². The van der Waals surface area contributed by atoms with Gasteiger partial charge in [0.15, 0.2) is 5.52 Å². The van der Waals surface area contributed by atoms with Gasteiger partial charge in [0.1, 0.15) is 17.1 Å². The second-order valence-corrected chi connectivity index (χ2v) is 6.97. The van der Waals surface area contributed by atoms with Gasteiger partial charge in [-0.2, -0.15) is 0 Å². The van der Waals surface area contributed by atoms with Gasteiger partial charge in [0, 0.05) is 0 Å². The predicted octanol–water partition coefficient (Wildman–Crippen LogP) is 4.08. The van der Waals surface area contributed by atoms with Gasteiger partial charge < -0.3 is 9.47 Å². The number of carbonyl (C=O) groups is 1. The van der Waals surface area contributed by atoms with Gasteiger partial charge in [-0.3, -0.25) is 4.79 Å². The first-order valence-corrected chi connectivity index (χ1v) is 8.19. The Morgan fingerprint density at radius 2 is 1.60 bits per heavy atom. The fourth-order valence-electron chi connectivity index (χ4n) is 3.01. The van der Waals surface area contributed by atoms with Gasteiger partial charge in [0.2, 0.25) is 0 Å². The molecule has 0 saturated heterocycles. The van der Waals surface area contributed by atoms with E-state index in [0.717, 1.165) is 11.1 Å². The molecule has 0 aliphatic heterocycles. The molecule has 110 valence electrons. The van der Waals surface area contributed by atoms with E-state index in [-0.39, 0.29) is 5.52 Å². The number of rotatable bonds is 5. The number of hydrogen-bond donors (Lipinski definition) is 0. The van der Waals surface area contributed by atoms with Gasteiger partial charge in [-0.1, -0.05) is 12.8 Å². The molecule has 0 heterocycles. The van der Waals surface area contributed by atoms with Gasteiger partial charge in [-0.05, 0) is 58.1 Å². The highest BCUT2D eigenvalue weighted by Gasteiger charge is 2.26. The molecule has 0 radical (unpaired) electrons. The Balaban J connectivity index is 2.38. The van der Waals surface area contributed by atoms with Gasteiger partial charge >= 0.3 is 0 Å². The Morgan fingerprint density at radius 3 is 2.05 bits per heavy atom. The van der Waals surface area contributed by atoms with Crippen LogP contribution < -0.4 is 9.47 Å². The average Bonchev–Trinajstić information content (AvgIpc) is 2.90. The van der Waals surface area contributed by atoms with Gasteiger partial charge in [0.25, 0.3) is 0 Å². The van der Waals surface area contributed by atoms with Crippen LogP contribution in [0.3, 0.4) is 0 Å². The van der Waals surface area contributed by atoms with Gasteiger partial charge in [0.05, 0.1) is 14.2 Å².